The number of halogens is 1. The van der Waals surface area contributed by atoms with Crippen molar-refractivity contribution in [3.05, 3.63) is 35.0 Å². The van der Waals surface area contributed by atoms with Gasteiger partial charge in [-0.2, -0.15) is 0 Å². The van der Waals surface area contributed by atoms with Gasteiger partial charge < -0.3 is 10.8 Å². The number of fused-ring (bicyclic) bond motifs is 1. The van der Waals surface area contributed by atoms with Crippen LogP contribution in [0.25, 0.3) is 10.9 Å². The average molecular weight is 241 g/mol. The first kappa shape index (κ1) is 7.09. The Morgan fingerprint density at radius 1 is 1.62 bits per heavy atom. The molecule has 4 heteroatoms. The third-order valence-corrected chi connectivity index (χ3v) is 2.40. The zero-order valence-corrected chi connectivity index (χ0v) is 9.34. The van der Waals surface area contributed by atoms with Gasteiger partial charge in [0, 0.05) is 14.5 Å². The van der Waals surface area contributed by atoms with E-state index in [1.54, 1.807) is 6.07 Å². The highest BCUT2D eigenvalue weighted by molar-refractivity contribution is 6.31. The van der Waals surface area contributed by atoms with Crippen molar-refractivity contribution in [2.45, 2.75) is 19.4 Å². The Balaban J connectivity index is 2.77. The number of nitrogen functional groups attached to an aromatic ring is 1. The number of rotatable bonds is 1. The fourth-order valence-corrected chi connectivity index (χ4v) is 1.66. The van der Waals surface area contributed by atoms with E-state index in [0.29, 0.717) is 10.4 Å². The Morgan fingerprint density at radius 3 is 3.06 bits per heavy atom. The van der Waals surface area contributed by atoms with E-state index in [0.717, 1.165) is 6.92 Å². The molecule has 2 rings (SSSR count). The quantitative estimate of drug-likeness (QED) is 0.806. The van der Waals surface area contributed by atoms with Crippen LogP contribution >= 0.6 is 11.6 Å². The van der Waals surface area contributed by atoms with Crippen LogP contribution in [0, 0.1) is 0 Å². The minimum atomic E-state index is -2.68. The number of nitrogens with zero attached hydrogens (tertiary/aromatic N) is 1. The van der Waals surface area contributed by atoms with E-state index in [2.05, 4.69) is 4.98 Å². The van der Waals surface area contributed by atoms with Gasteiger partial charge in [-0.3, -0.25) is 0 Å². The molecule has 0 spiro atoms. The summed E-state index contributed by atoms with van der Waals surface area (Å²) in [4.78, 5) is 4.07. The van der Waals surface area contributed by atoms with Crippen molar-refractivity contribution in [2.24, 2.45) is 0 Å². The van der Waals surface area contributed by atoms with Crippen LogP contribution in [0.4, 0.5) is 5.69 Å². The number of anilines is 1. The molecule has 0 saturated heterocycles. The molecule has 0 saturated carbocycles. The molecule has 0 amide bonds. The van der Waals surface area contributed by atoms with Gasteiger partial charge in [0.05, 0.1) is 18.3 Å². The molecular formula is C12H13ClN2O. The van der Waals surface area contributed by atoms with Gasteiger partial charge in [0.1, 0.15) is 5.60 Å². The second-order valence-corrected chi connectivity index (χ2v) is 4.19. The predicted octanol–water partition coefficient (Wildman–Crippen LogP) is 2.70. The minimum absolute atomic E-state index is 0.0371. The van der Waals surface area contributed by atoms with Crippen molar-refractivity contribution >= 4 is 28.2 Å². The van der Waals surface area contributed by atoms with Gasteiger partial charge in [-0.05, 0) is 38.0 Å². The summed E-state index contributed by atoms with van der Waals surface area (Å²) in [5, 5.41) is 11.1. The molecule has 0 aliphatic rings. The molecule has 0 aliphatic heterocycles. The van der Waals surface area contributed by atoms with E-state index >= 15 is 0 Å². The standard InChI is InChI=1S/C12H13ClN2O/c1-12(2,16)11-9(14)6-7-5-8(13)3-4-10(7)15-11/h3-6,16H,14H2,1-2H3/i1D3,4D. The molecule has 0 fully saturated rings. The number of hydrogen-bond donors (Lipinski definition) is 2. The normalized spacial score (nSPS) is 19.4. The molecule has 0 radical (unpaired) electrons. The van der Waals surface area contributed by atoms with Gasteiger partial charge in [0.2, 0.25) is 0 Å². The Bertz CT molecular complexity index is 685. The van der Waals surface area contributed by atoms with Crippen molar-refractivity contribution in [1.29, 1.82) is 0 Å². The monoisotopic (exact) mass is 240 g/mol. The second-order valence-electron chi connectivity index (χ2n) is 3.75. The zero-order valence-electron chi connectivity index (χ0n) is 12.6. The molecule has 0 aliphatic carbocycles. The van der Waals surface area contributed by atoms with Gasteiger partial charge in [-0.1, -0.05) is 11.6 Å². The van der Waals surface area contributed by atoms with Crippen LogP contribution in [0.15, 0.2) is 24.2 Å². The zero-order chi connectivity index (χ0) is 15.3. The first-order chi connectivity index (χ1) is 9.04. The van der Waals surface area contributed by atoms with E-state index in [4.69, 9.17) is 22.8 Å². The number of benzene rings is 1. The summed E-state index contributed by atoms with van der Waals surface area (Å²) in [6, 6.07) is 4.46. The molecule has 1 aromatic heterocycles. The highest BCUT2D eigenvalue weighted by Crippen LogP contribution is 2.28. The largest absolute Gasteiger partial charge is 0.397 e. The lowest BCUT2D eigenvalue weighted by molar-refractivity contribution is 0.0751. The number of aromatic nitrogens is 1. The Hall–Kier alpha value is -1.32. The highest BCUT2D eigenvalue weighted by Gasteiger charge is 2.21. The molecule has 1 unspecified atom stereocenters. The highest BCUT2D eigenvalue weighted by atomic mass is 35.5. The van der Waals surface area contributed by atoms with E-state index in [1.807, 2.05) is 0 Å². The maximum Gasteiger partial charge on any atom is 0.103 e. The average Bonchev–Trinajstić information content (AvgIpc) is 2.25. The van der Waals surface area contributed by atoms with Crippen molar-refractivity contribution in [1.82, 2.24) is 4.98 Å². The van der Waals surface area contributed by atoms with Crippen LogP contribution < -0.4 is 5.73 Å². The summed E-state index contributed by atoms with van der Waals surface area (Å²) < 4.78 is 30.0. The number of aliphatic hydroxyl groups is 1. The molecular weight excluding hydrogens is 224 g/mol. The van der Waals surface area contributed by atoms with E-state index in [1.165, 1.54) is 12.1 Å². The summed E-state index contributed by atoms with van der Waals surface area (Å²) in [5.41, 5.74) is 3.71. The molecule has 1 heterocycles. The lowest BCUT2D eigenvalue weighted by Crippen LogP contribution is -2.19. The van der Waals surface area contributed by atoms with Crippen molar-refractivity contribution < 1.29 is 10.6 Å². The SMILES string of the molecule is [2H]c1cc(Cl)cc2cc(N)c(C(C)(O)C([2H])([2H])[2H])nc12. The Kier molecular flexibility index (Phi) is 1.60. The first-order valence-corrected chi connectivity index (χ1v) is 5.01. The van der Waals surface area contributed by atoms with Crippen molar-refractivity contribution in [3.63, 3.8) is 0 Å². The summed E-state index contributed by atoms with van der Waals surface area (Å²) in [7, 11) is 0. The maximum absolute atomic E-state index is 10.2. The fourth-order valence-electron chi connectivity index (χ4n) is 1.49. The van der Waals surface area contributed by atoms with Crippen LogP contribution in [-0.4, -0.2) is 10.1 Å². The maximum atomic E-state index is 10.2. The molecule has 1 atom stereocenters. The summed E-state index contributed by atoms with van der Waals surface area (Å²) in [5.74, 6) is 0. The molecule has 16 heavy (non-hydrogen) atoms. The van der Waals surface area contributed by atoms with Gasteiger partial charge in [-0.15, -0.1) is 0 Å². The molecule has 1 aromatic carbocycles. The number of pyridine rings is 1. The minimum Gasteiger partial charge on any atom is -0.397 e. The molecule has 2 aromatic rings. The van der Waals surface area contributed by atoms with Crippen molar-refractivity contribution in [2.75, 3.05) is 5.73 Å². The summed E-state index contributed by atoms with van der Waals surface area (Å²) >= 11 is 5.85. The predicted molar refractivity (Wildman–Crippen MR) is 66.4 cm³/mol. The van der Waals surface area contributed by atoms with Gasteiger partial charge in [-0.25, -0.2) is 4.98 Å². The lowest BCUT2D eigenvalue weighted by atomic mass is 10.0. The van der Waals surface area contributed by atoms with E-state index in [9.17, 15) is 5.11 Å². The second kappa shape index (κ2) is 3.61. The van der Waals surface area contributed by atoms with E-state index in [-0.39, 0.29) is 22.9 Å². The molecule has 84 valence electrons. The van der Waals surface area contributed by atoms with E-state index < -0.39 is 12.5 Å². The number of nitrogens with two attached hydrogens (primary N) is 1. The van der Waals surface area contributed by atoms with Gasteiger partial charge in [0.15, 0.2) is 0 Å². The summed E-state index contributed by atoms with van der Waals surface area (Å²) in [6.07, 6.45) is 0. The summed E-state index contributed by atoms with van der Waals surface area (Å²) in [6.45, 7) is -1.56. The Labute approximate surface area is 104 Å². The van der Waals surface area contributed by atoms with Crippen LogP contribution in [0.2, 0.25) is 5.02 Å². The third kappa shape index (κ3) is 1.96. The van der Waals surface area contributed by atoms with Crippen molar-refractivity contribution in [3.8, 4) is 0 Å². The third-order valence-electron chi connectivity index (χ3n) is 2.18. The fraction of sp³-hybridized carbons (Fsp3) is 0.250. The Morgan fingerprint density at radius 2 is 2.38 bits per heavy atom. The lowest BCUT2D eigenvalue weighted by Gasteiger charge is -2.19. The van der Waals surface area contributed by atoms with Crippen LogP contribution in [-0.2, 0) is 5.60 Å². The topological polar surface area (TPSA) is 59.1 Å². The van der Waals surface area contributed by atoms with Crippen LogP contribution in [0.5, 0.6) is 0 Å². The van der Waals surface area contributed by atoms with Crippen LogP contribution in [0.3, 0.4) is 0 Å². The molecule has 0 bridgehead atoms. The first-order valence-electron chi connectivity index (χ1n) is 6.63. The molecule has 3 nitrogen and oxygen atoms in total. The smallest absolute Gasteiger partial charge is 0.103 e. The van der Waals surface area contributed by atoms with Gasteiger partial charge >= 0.3 is 0 Å². The number of hydrogen-bond acceptors (Lipinski definition) is 3. The van der Waals surface area contributed by atoms with Gasteiger partial charge in [0.25, 0.3) is 0 Å². The molecule has 3 N–H and O–H groups in total. The van der Waals surface area contributed by atoms with Crippen LogP contribution in [0.1, 0.15) is 25.0 Å².